The molecule has 0 bridgehead atoms. The molecule has 0 fully saturated rings. The summed E-state index contributed by atoms with van der Waals surface area (Å²) in [5, 5.41) is 0. The van der Waals surface area contributed by atoms with Crippen LogP contribution in [0.25, 0.3) is 0 Å². The van der Waals surface area contributed by atoms with Crippen molar-refractivity contribution in [2.45, 2.75) is 18.9 Å². The van der Waals surface area contributed by atoms with Crippen LogP contribution in [0.5, 0.6) is 5.75 Å². The Kier molecular flexibility index (Phi) is 4.16. The van der Waals surface area contributed by atoms with Crippen molar-refractivity contribution in [2.24, 2.45) is 12.8 Å². The van der Waals surface area contributed by atoms with Gasteiger partial charge in [0.05, 0.1) is 7.11 Å². The Morgan fingerprint density at radius 2 is 2.26 bits per heavy atom. The Morgan fingerprint density at radius 1 is 1.47 bits per heavy atom. The Morgan fingerprint density at radius 3 is 2.84 bits per heavy atom. The molecule has 2 rings (SSSR count). The third-order valence-corrected chi connectivity index (χ3v) is 3.21. The first kappa shape index (κ1) is 13.5. The van der Waals surface area contributed by atoms with E-state index in [0.29, 0.717) is 17.7 Å². The quantitative estimate of drug-likeness (QED) is 0.899. The molecule has 1 heterocycles. The van der Waals surface area contributed by atoms with Crippen molar-refractivity contribution in [1.82, 2.24) is 9.55 Å². The van der Waals surface area contributed by atoms with Gasteiger partial charge in [0.1, 0.15) is 17.4 Å². The van der Waals surface area contributed by atoms with E-state index in [-0.39, 0.29) is 11.9 Å². The minimum atomic E-state index is -0.345. The van der Waals surface area contributed by atoms with Crippen LogP contribution in [-0.2, 0) is 13.5 Å². The molecule has 1 atom stereocenters. The normalized spacial score (nSPS) is 12.4. The molecular weight excluding hydrogens is 245 g/mol. The molecule has 0 radical (unpaired) electrons. The van der Waals surface area contributed by atoms with Gasteiger partial charge < -0.3 is 15.0 Å². The van der Waals surface area contributed by atoms with E-state index >= 15 is 0 Å². The van der Waals surface area contributed by atoms with Crippen LogP contribution in [0.15, 0.2) is 30.6 Å². The Hall–Kier alpha value is -1.88. The molecule has 1 aromatic carbocycles. The minimum absolute atomic E-state index is 0.327. The number of nitrogens with zero attached hydrogens (tertiary/aromatic N) is 2. The summed E-state index contributed by atoms with van der Waals surface area (Å²) in [5.74, 6) is 1.12. The summed E-state index contributed by atoms with van der Waals surface area (Å²) in [5.41, 5.74) is 6.55. The van der Waals surface area contributed by atoms with Crippen LogP contribution in [0.3, 0.4) is 0 Å². The molecule has 0 aliphatic heterocycles. The molecule has 102 valence electrons. The molecule has 0 spiro atoms. The highest BCUT2D eigenvalue weighted by atomic mass is 19.1. The van der Waals surface area contributed by atoms with Gasteiger partial charge in [-0.3, -0.25) is 0 Å². The predicted molar refractivity (Wildman–Crippen MR) is 71.4 cm³/mol. The average Bonchev–Trinajstić information content (AvgIpc) is 2.81. The van der Waals surface area contributed by atoms with Crippen molar-refractivity contribution < 1.29 is 9.13 Å². The first-order valence-corrected chi connectivity index (χ1v) is 6.17. The first-order valence-electron chi connectivity index (χ1n) is 6.17. The fraction of sp³-hybridized carbons (Fsp3) is 0.357. The van der Waals surface area contributed by atoms with Crippen molar-refractivity contribution in [1.29, 1.82) is 0 Å². The molecule has 0 amide bonds. The van der Waals surface area contributed by atoms with E-state index < -0.39 is 0 Å². The molecule has 0 aliphatic carbocycles. The summed E-state index contributed by atoms with van der Waals surface area (Å²) in [6.45, 7) is 0. The maximum atomic E-state index is 13.9. The number of nitrogens with two attached hydrogens (primary N) is 1. The fourth-order valence-electron chi connectivity index (χ4n) is 2.01. The third kappa shape index (κ3) is 3.12. The van der Waals surface area contributed by atoms with E-state index in [1.54, 1.807) is 18.3 Å². The lowest BCUT2D eigenvalue weighted by Crippen LogP contribution is -2.14. The van der Waals surface area contributed by atoms with Crippen molar-refractivity contribution in [3.05, 3.63) is 47.8 Å². The highest BCUT2D eigenvalue weighted by molar-refractivity contribution is 5.30. The number of methoxy groups -OCH3 is 1. The summed E-state index contributed by atoms with van der Waals surface area (Å²) >= 11 is 0. The van der Waals surface area contributed by atoms with E-state index in [1.165, 1.54) is 13.2 Å². The van der Waals surface area contributed by atoms with Crippen LogP contribution < -0.4 is 10.5 Å². The van der Waals surface area contributed by atoms with Gasteiger partial charge in [0.15, 0.2) is 0 Å². The van der Waals surface area contributed by atoms with Crippen LogP contribution in [0, 0.1) is 5.82 Å². The number of ether oxygens (including phenoxy) is 1. The van der Waals surface area contributed by atoms with Crippen molar-refractivity contribution in [3.8, 4) is 5.75 Å². The molecule has 0 saturated heterocycles. The van der Waals surface area contributed by atoms with E-state index in [4.69, 9.17) is 10.5 Å². The van der Waals surface area contributed by atoms with Crippen LogP contribution in [0.2, 0.25) is 0 Å². The fourth-order valence-corrected chi connectivity index (χ4v) is 2.01. The Balaban J connectivity index is 2.03. The van der Waals surface area contributed by atoms with Gasteiger partial charge in [-0.2, -0.15) is 0 Å². The van der Waals surface area contributed by atoms with Gasteiger partial charge in [-0.15, -0.1) is 0 Å². The molecule has 2 aromatic rings. The maximum absolute atomic E-state index is 13.9. The second kappa shape index (κ2) is 5.84. The van der Waals surface area contributed by atoms with Gasteiger partial charge >= 0.3 is 0 Å². The van der Waals surface area contributed by atoms with Crippen molar-refractivity contribution in [2.75, 3.05) is 7.11 Å². The van der Waals surface area contributed by atoms with Gasteiger partial charge in [0, 0.05) is 43.5 Å². The van der Waals surface area contributed by atoms with Crippen LogP contribution in [0.4, 0.5) is 4.39 Å². The standard InChI is InChI=1S/C14H18FN3O/c1-18-8-7-17-14(18)6-5-13(16)11-4-3-10(19-2)9-12(11)15/h3-4,7-9,13H,5-6,16H2,1-2H3. The molecular formula is C14H18FN3O. The lowest BCUT2D eigenvalue weighted by atomic mass is 10.0. The second-order valence-corrected chi connectivity index (χ2v) is 4.49. The molecule has 5 heteroatoms. The van der Waals surface area contributed by atoms with Crippen LogP contribution in [0.1, 0.15) is 23.9 Å². The minimum Gasteiger partial charge on any atom is -0.497 e. The maximum Gasteiger partial charge on any atom is 0.131 e. The summed E-state index contributed by atoms with van der Waals surface area (Å²) in [6.07, 6.45) is 4.99. The van der Waals surface area contributed by atoms with Crippen LogP contribution >= 0.6 is 0 Å². The van der Waals surface area contributed by atoms with Gasteiger partial charge in [-0.1, -0.05) is 6.07 Å². The molecule has 1 unspecified atom stereocenters. The monoisotopic (exact) mass is 263 g/mol. The van der Waals surface area contributed by atoms with E-state index in [1.807, 2.05) is 17.8 Å². The number of aryl methyl sites for hydroxylation is 2. The van der Waals surface area contributed by atoms with Crippen LogP contribution in [-0.4, -0.2) is 16.7 Å². The lowest BCUT2D eigenvalue weighted by molar-refractivity contribution is 0.410. The topological polar surface area (TPSA) is 53.1 Å². The number of benzene rings is 1. The molecule has 0 aliphatic rings. The summed E-state index contributed by atoms with van der Waals surface area (Å²) in [7, 11) is 3.44. The second-order valence-electron chi connectivity index (χ2n) is 4.49. The van der Waals surface area contributed by atoms with Crippen molar-refractivity contribution in [3.63, 3.8) is 0 Å². The Labute approximate surface area is 112 Å². The molecule has 2 N–H and O–H groups in total. The predicted octanol–water partition coefficient (Wildman–Crippen LogP) is 2.20. The average molecular weight is 263 g/mol. The molecule has 4 nitrogen and oxygen atoms in total. The first-order chi connectivity index (χ1) is 9.11. The lowest BCUT2D eigenvalue weighted by Gasteiger charge is -2.13. The number of imidazole rings is 1. The number of aromatic nitrogens is 2. The SMILES string of the molecule is COc1ccc(C(N)CCc2nccn2C)c(F)c1. The highest BCUT2D eigenvalue weighted by Gasteiger charge is 2.13. The van der Waals surface area contributed by atoms with Gasteiger partial charge in [0.25, 0.3) is 0 Å². The zero-order valence-electron chi connectivity index (χ0n) is 11.1. The zero-order chi connectivity index (χ0) is 13.8. The number of hydrogen-bond acceptors (Lipinski definition) is 3. The highest BCUT2D eigenvalue weighted by Crippen LogP contribution is 2.23. The molecule has 1 aromatic heterocycles. The summed E-state index contributed by atoms with van der Waals surface area (Å²) in [6, 6.07) is 4.41. The smallest absolute Gasteiger partial charge is 0.131 e. The molecule has 0 saturated carbocycles. The number of rotatable bonds is 5. The van der Waals surface area contributed by atoms with Crippen molar-refractivity contribution >= 4 is 0 Å². The summed E-state index contributed by atoms with van der Waals surface area (Å²) < 4.78 is 20.8. The number of hydrogen-bond donors (Lipinski definition) is 1. The van der Waals surface area contributed by atoms with Gasteiger partial charge in [0.2, 0.25) is 0 Å². The third-order valence-electron chi connectivity index (χ3n) is 3.21. The Bertz CT molecular complexity index is 553. The molecule has 19 heavy (non-hydrogen) atoms. The van der Waals surface area contributed by atoms with E-state index in [0.717, 1.165) is 12.2 Å². The summed E-state index contributed by atoms with van der Waals surface area (Å²) in [4.78, 5) is 4.22. The van der Waals surface area contributed by atoms with Gasteiger partial charge in [-0.25, -0.2) is 9.37 Å². The largest absolute Gasteiger partial charge is 0.497 e. The van der Waals surface area contributed by atoms with Gasteiger partial charge in [-0.05, 0) is 12.5 Å². The number of halogens is 1. The zero-order valence-corrected chi connectivity index (χ0v) is 11.1. The van der Waals surface area contributed by atoms with E-state index in [9.17, 15) is 4.39 Å². The van der Waals surface area contributed by atoms with E-state index in [2.05, 4.69) is 4.98 Å².